The minimum atomic E-state index is -0.204. The molecule has 0 radical (unpaired) electrons. The van der Waals surface area contributed by atoms with Gasteiger partial charge in [-0.15, -0.1) is 0 Å². The molecule has 0 atom stereocenters. The van der Waals surface area contributed by atoms with Gasteiger partial charge in [-0.3, -0.25) is 9.78 Å². The summed E-state index contributed by atoms with van der Waals surface area (Å²) < 4.78 is 0. The lowest BCUT2D eigenvalue weighted by atomic mass is 10.0. The van der Waals surface area contributed by atoms with E-state index in [1.807, 2.05) is 55.4 Å². The largest absolute Gasteiger partial charge is 0.378 e. The second-order valence-corrected chi connectivity index (χ2v) is 7.18. The molecule has 0 saturated carbocycles. The van der Waals surface area contributed by atoms with Crippen molar-refractivity contribution in [2.45, 2.75) is 12.8 Å². The quantitative estimate of drug-likeness (QED) is 0.733. The van der Waals surface area contributed by atoms with E-state index in [-0.39, 0.29) is 5.91 Å². The normalized spacial score (nSPS) is 13.0. The summed E-state index contributed by atoms with van der Waals surface area (Å²) in [5.41, 5.74) is 5.81. The number of benzene rings is 2. The monoisotopic (exact) mass is 372 g/mol. The second kappa shape index (κ2) is 7.72. The minimum Gasteiger partial charge on any atom is -0.378 e. The van der Waals surface area contributed by atoms with Crippen LogP contribution in [-0.4, -0.2) is 31.5 Å². The maximum absolute atomic E-state index is 12.7. The number of aryl methyl sites for hydroxylation is 1. The number of nitrogens with one attached hydrogen (secondary N) is 1. The zero-order valence-electron chi connectivity index (χ0n) is 16.2. The van der Waals surface area contributed by atoms with E-state index < -0.39 is 0 Å². The zero-order chi connectivity index (χ0) is 19.5. The molecule has 0 spiro atoms. The summed E-state index contributed by atoms with van der Waals surface area (Å²) >= 11 is 0. The SMILES string of the molecule is CN(C)c1ccc(NC(=O)c2cc(N3CCCc4ccccc43)ccn2)cc1. The van der Waals surface area contributed by atoms with Crippen LogP contribution in [0, 0.1) is 0 Å². The molecular weight excluding hydrogens is 348 g/mol. The third-order valence-electron chi connectivity index (χ3n) is 5.04. The van der Waals surface area contributed by atoms with Crippen LogP contribution in [0.1, 0.15) is 22.5 Å². The van der Waals surface area contributed by atoms with Gasteiger partial charge in [0.15, 0.2) is 0 Å². The number of nitrogens with zero attached hydrogens (tertiary/aromatic N) is 3. The fourth-order valence-corrected chi connectivity index (χ4v) is 3.55. The Hall–Kier alpha value is -3.34. The Morgan fingerprint density at radius 2 is 1.86 bits per heavy atom. The molecule has 1 aromatic heterocycles. The summed E-state index contributed by atoms with van der Waals surface area (Å²) in [5.74, 6) is -0.204. The van der Waals surface area contributed by atoms with E-state index >= 15 is 0 Å². The predicted molar refractivity (Wildman–Crippen MR) is 115 cm³/mol. The number of aromatic nitrogens is 1. The lowest BCUT2D eigenvalue weighted by Crippen LogP contribution is -2.25. The Labute approximate surface area is 165 Å². The van der Waals surface area contributed by atoms with Gasteiger partial charge in [-0.1, -0.05) is 18.2 Å². The lowest BCUT2D eigenvalue weighted by molar-refractivity contribution is 0.102. The summed E-state index contributed by atoms with van der Waals surface area (Å²) in [4.78, 5) is 21.3. The van der Waals surface area contributed by atoms with Crippen molar-refractivity contribution in [2.24, 2.45) is 0 Å². The van der Waals surface area contributed by atoms with Crippen molar-refractivity contribution in [1.82, 2.24) is 4.98 Å². The topological polar surface area (TPSA) is 48.5 Å². The second-order valence-electron chi connectivity index (χ2n) is 7.18. The van der Waals surface area contributed by atoms with E-state index in [2.05, 4.69) is 39.5 Å². The molecule has 2 aromatic carbocycles. The molecule has 142 valence electrons. The van der Waals surface area contributed by atoms with Gasteiger partial charge in [0.1, 0.15) is 5.69 Å². The lowest BCUT2D eigenvalue weighted by Gasteiger charge is -2.31. The van der Waals surface area contributed by atoms with Crippen molar-refractivity contribution < 1.29 is 4.79 Å². The maximum Gasteiger partial charge on any atom is 0.274 e. The molecule has 5 heteroatoms. The average molecular weight is 372 g/mol. The van der Waals surface area contributed by atoms with Crippen LogP contribution < -0.4 is 15.1 Å². The molecule has 1 aliphatic rings. The number of pyridine rings is 1. The van der Waals surface area contributed by atoms with Gasteiger partial charge in [0.25, 0.3) is 5.91 Å². The fourth-order valence-electron chi connectivity index (χ4n) is 3.55. The smallest absolute Gasteiger partial charge is 0.274 e. The van der Waals surface area contributed by atoms with Gasteiger partial charge >= 0.3 is 0 Å². The average Bonchev–Trinajstić information content (AvgIpc) is 2.74. The summed E-state index contributed by atoms with van der Waals surface area (Å²) in [6.07, 6.45) is 3.89. The van der Waals surface area contributed by atoms with E-state index in [0.29, 0.717) is 5.69 Å². The fraction of sp³-hybridized carbons (Fsp3) is 0.217. The number of para-hydroxylation sites is 1. The minimum absolute atomic E-state index is 0.204. The van der Waals surface area contributed by atoms with Gasteiger partial charge in [-0.2, -0.15) is 0 Å². The first-order valence-electron chi connectivity index (χ1n) is 9.52. The number of amides is 1. The van der Waals surface area contributed by atoms with Gasteiger partial charge < -0.3 is 15.1 Å². The third-order valence-corrected chi connectivity index (χ3v) is 5.04. The van der Waals surface area contributed by atoms with Crippen LogP contribution in [0.4, 0.5) is 22.7 Å². The molecule has 0 unspecified atom stereocenters. The highest BCUT2D eigenvalue weighted by molar-refractivity contribution is 6.03. The summed E-state index contributed by atoms with van der Waals surface area (Å²) in [6, 6.07) is 20.0. The van der Waals surface area contributed by atoms with Crippen LogP contribution in [0.25, 0.3) is 0 Å². The molecule has 2 heterocycles. The number of fused-ring (bicyclic) bond motifs is 1. The number of hydrogen-bond donors (Lipinski definition) is 1. The number of hydrogen-bond acceptors (Lipinski definition) is 4. The molecule has 28 heavy (non-hydrogen) atoms. The Morgan fingerprint density at radius 3 is 2.64 bits per heavy atom. The number of carbonyl (C=O) groups excluding carboxylic acids is 1. The predicted octanol–water partition coefficient (Wildman–Crippen LogP) is 4.48. The number of anilines is 4. The third kappa shape index (κ3) is 3.69. The molecule has 0 aliphatic carbocycles. The van der Waals surface area contributed by atoms with Crippen molar-refractivity contribution >= 4 is 28.7 Å². The van der Waals surface area contributed by atoms with E-state index in [4.69, 9.17) is 0 Å². The van der Waals surface area contributed by atoms with Crippen LogP contribution in [-0.2, 0) is 6.42 Å². The molecule has 5 nitrogen and oxygen atoms in total. The molecule has 0 fully saturated rings. The Bertz CT molecular complexity index is 982. The maximum atomic E-state index is 12.7. The molecule has 1 N–H and O–H groups in total. The van der Waals surface area contributed by atoms with Gasteiger partial charge in [0.05, 0.1) is 0 Å². The van der Waals surface area contributed by atoms with E-state index in [1.54, 1.807) is 6.20 Å². The van der Waals surface area contributed by atoms with Crippen LogP contribution in [0.15, 0.2) is 66.9 Å². The highest BCUT2D eigenvalue weighted by Gasteiger charge is 2.19. The van der Waals surface area contributed by atoms with Gasteiger partial charge in [-0.25, -0.2) is 0 Å². The van der Waals surface area contributed by atoms with Gasteiger partial charge in [0.2, 0.25) is 0 Å². The van der Waals surface area contributed by atoms with Crippen LogP contribution in [0.3, 0.4) is 0 Å². The molecule has 0 saturated heterocycles. The molecule has 1 amide bonds. The van der Waals surface area contributed by atoms with E-state index in [0.717, 1.165) is 36.4 Å². The van der Waals surface area contributed by atoms with Crippen LogP contribution in [0.5, 0.6) is 0 Å². The van der Waals surface area contributed by atoms with Crippen molar-refractivity contribution in [3.8, 4) is 0 Å². The van der Waals surface area contributed by atoms with Gasteiger partial charge in [0, 0.05) is 49.6 Å². The van der Waals surface area contributed by atoms with Crippen molar-refractivity contribution in [1.29, 1.82) is 0 Å². The molecule has 0 bridgehead atoms. The molecule has 3 aromatic rings. The van der Waals surface area contributed by atoms with E-state index in [1.165, 1.54) is 11.3 Å². The number of rotatable bonds is 4. The number of carbonyl (C=O) groups is 1. The van der Waals surface area contributed by atoms with Crippen LogP contribution >= 0.6 is 0 Å². The van der Waals surface area contributed by atoms with Crippen LogP contribution in [0.2, 0.25) is 0 Å². The van der Waals surface area contributed by atoms with Crippen molar-refractivity contribution in [2.75, 3.05) is 35.8 Å². The first-order chi connectivity index (χ1) is 13.6. The van der Waals surface area contributed by atoms with Crippen molar-refractivity contribution in [3.05, 3.63) is 78.1 Å². The Kier molecular flexibility index (Phi) is 4.98. The Balaban J connectivity index is 1.55. The van der Waals surface area contributed by atoms with Crippen molar-refractivity contribution in [3.63, 3.8) is 0 Å². The van der Waals surface area contributed by atoms with E-state index in [9.17, 15) is 4.79 Å². The standard InChI is InChI=1S/C23H24N4O/c1-26(2)19-11-9-18(10-12-19)25-23(28)21-16-20(13-14-24-21)27-15-5-7-17-6-3-4-8-22(17)27/h3-4,6,8-14,16H,5,7,15H2,1-2H3,(H,25,28). The summed E-state index contributed by atoms with van der Waals surface area (Å²) in [7, 11) is 3.98. The highest BCUT2D eigenvalue weighted by Crippen LogP contribution is 2.33. The first-order valence-corrected chi connectivity index (χ1v) is 9.52. The zero-order valence-corrected chi connectivity index (χ0v) is 16.2. The highest BCUT2D eigenvalue weighted by atomic mass is 16.1. The summed E-state index contributed by atoms with van der Waals surface area (Å²) in [5, 5.41) is 2.94. The Morgan fingerprint density at radius 1 is 1.07 bits per heavy atom. The molecular formula is C23H24N4O. The molecule has 1 aliphatic heterocycles. The molecule has 4 rings (SSSR count). The first kappa shape index (κ1) is 18.0. The van der Waals surface area contributed by atoms with Gasteiger partial charge in [-0.05, 0) is 60.9 Å². The summed E-state index contributed by atoms with van der Waals surface area (Å²) in [6.45, 7) is 0.939.